The number of hydrogen-bond donors (Lipinski definition) is 2. The van der Waals surface area contributed by atoms with E-state index in [-0.39, 0.29) is 4.75 Å². The van der Waals surface area contributed by atoms with Crippen LogP contribution in [-0.4, -0.2) is 68.8 Å². The fourth-order valence-electron chi connectivity index (χ4n) is 2.14. The smallest absolute Gasteiger partial charge is 0.208 e. The first kappa shape index (κ1) is 18.6. The van der Waals surface area contributed by atoms with Gasteiger partial charge in [-0.2, -0.15) is 11.8 Å². The number of hydrogen-bond acceptors (Lipinski definition) is 4. The Morgan fingerprint density at radius 2 is 2.14 bits per heavy atom. The molecule has 0 amide bonds. The lowest BCUT2D eigenvalue weighted by Crippen LogP contribution is -2.51. The van der Waals surface area contributed by atoms with Crippen LogP contribution in [0.5, 0.6) is 0 Å². The molecule has 0 unspecified atom stereocenters. The van der Waals surface area contributed by atoms with E-state index in [0.717, 1.165) is 31.3 Å². The van der Waals surface area contributed by atoms with Crippen molar-refractivity contribution in [2.24, 2.45) is 4.99 Å². The van der Waals surface area contributed by atoms with Gasteiger partial charge in [-0.25, -0.2) is 13.1 Å². The van der Waals surface area contributed by atoms with E-state index in [4.69, 9.17) is 0 Å². The summed E-state index contributed by atoms with van der Waals surface area (Å²) in [7, 11) is -3.10. The van der Waals surface area contributed by atoms with Crippen molar-refractivity contribution in [1.29, 1.82) is 0 Å². The summed E-state index contributed by atoms with van der Waals surface area (Å²) >= 11 is 1.99. The minimum absolute atomic E-state index is 0.242. The van der Waals surface area contributed by atoms with Crippen molar-refractivity contribution < 1.29 is 8.42 Å². The summed E-state index contributed by atoms with van der Waals surface area (Å²) in [5.74, 6) is 2.04. The zero-order chi connectivity index (χ0) is 15.9. The molecule has 1 saturated heterocycles. The van der Waals surface area contributed by atoms with Crippen molar-refractivity contribution in [2.45, 2.75) is 31.9 Å². The van der Waals surface area contributed by atoms with Gasteiger partial charge in [0.2, 0.25) is 10.0 Å². The molecular formula is C13H28N4O2S2. The first-order valence-electron chi connectivity index (χ1n) is 7.35. The summed E-state index contributed by atoms with van der Waals surface area (Å²) in [6.07, 6.45) is 1.88. The molecule has 0 aliphatic carbocycles. The Balaban J connectivity index is 2.50. The second-order valence-electron chi connectivity index (χ2n) is 5.79. The van der Waals surface area contributed by atoms with Crippen molar-refractivity contribution >= 4 is 27.7 Å². The second-order valence-corrected chi connectivity index (χ2v) is 9.42. The van der Waals surface area contributed by atoms with Crippen LogP contribution in [0.25, 0.3) is 0 Å². The number of guanidine groups is 1. The number of aliphatic imine (C=N–C) groups is 1. The molecular weight excluding hydrogens is 308 g/mol. The molecule has 0 bridgehead atoms. The van der Waals surface area contributed by atoms with Crippen LogP contribution in [0.1, 0.15) is 27.2 Å². The van der Waals surface area contributed by atoms with E-state index in [1.165, 1.54) is 6.26 Å². The molecule has 6 nitrogen and oxygen atoms in total. The summed E-state index contributed by atoms with van der Waals surface area (Å²) in [5, 5.41) is 3.33. The lowest BCUT2D eigenvalue weighted by Gasteiger charge is -2.39. The van der Waals surface area contributed by atoms with Crippen LogP contribution in [0.3, 0.4) is 0 Å². The van der Waals surface area contributed by atoms with E-state index in [1.807, 2.05) is 11.8 Å². The molecule has 1 aliphatic heterocycles. The molecule has 0 spiro atoms. The van der Waals surface area contributed by atoms with Crippen LogP contribution >= 0.6 is 11.8 Å². The molecule has 2 N–H and O–H groups in total. The zero-order valence-corrected chi connectivity index (χ0v) is 15.1. The molecule has 0 aromatic rings. The molecule has 0 aromatic heterocycles. The molecule has 0 radical (unpaired) electrons. The van der Waals surface area contributed by atoms with Gasteiger partial charge in [0.1, 0.15) is 0 Å². The van der Waals surface area contributed by atoms with Gasteiger partial charge in [-0.3, -0.25) is 4.99 Å². The maximum Gasteiger partial charge on any atom is 0.208 e. The maximum atomic E-state index is 11.0. The molecule has 1 aliphatic rings. The summed E-state index contributed by atoms with van der Waals surface area (Å²) in [6.45, 7) is 10.4. The van der Waals surface area contributed by atoms with Crippen molar-refractivity contribution in [3.63, 3.8) is 0 Å². The van der Waals surface area contributed by atoms with Crippen LogP contribution in [0.2, 0.25) is 0 Å². The SMILES string of the molecule is CCNC(=NCCCNS(C)(=O)=O)N1CCSC(C)(C)C1. The average Bonchev–Trinajstić information content (AvgIpc) is 2.34. The second kappa shape index (κ2) is 8.24. The first-order valence-corrected chi connectivity index (χ1v) is 10.2. The Morgan fingerprint density at radius 3 is 2.71 bits per heavy atom. The van der Waals surface area contributed by atoms with Crippen molar-refractivity contribution in [3.8, 4) is 0 Å². The zero-order valence-electron chi connectivity index (χ0n) is 13.5. The third kappa shape index (κ3) is 7.92. The van der Waals surface area contributed by atoms with Gasteiger partial charge in [0.25, 0.3) is 0 Å². The summed E-state index contributed by atoms with van der Waals surface area (Å²) in [5.41, 5.74) is 0. The molecule has 124 valence electrons. The summed E-state index contributed by atoms with van der Waals surface area (Å²) in [4.78, 5) is 6.91. The van der Waals surface area contributed by atoms with Crippen molar-refractivity contribution in [1.82, 2.24) is 14.9 Å². The van der Waals surface area contributed by atoms with Crippen LogP contribution in [0.4, 0.5) is 0 Å². The monoisotopic (exact) mass is 336 g/mol. The fourth-order valence-corrected chi connectivity index (χ4v) is 3.77. The Bertz CT molecular complexity index is 449. The van der Waals surface area contributed by atoms with Gasteiger partial charge >= 0.3 is 0 Å². The molecule has 1 rings (SSSR count). The molecule has 1 heterocycles. The van der Waals surface area contributed by atoms with Crippen LogP contribution in [0.15, 0.2) is 4.99 Å². The third-order valence-corrected chi connectivity index (χ3v) is 5.05. The molecule has 0 atom stereocenters. The van der Waals surface area contributed by atoms with Gasteiger partial charge in [0.15, 0.2) is 5.96 Å². The maximum absolute atomic E-state index is 11.0. The highest BCUT2D eigenvalue weighted by molar-refractivity contribution is 8.00. The normalized spacial score (nSPS) is 19.6. The van der Waals surface area contributed by atoms with Gasteiger partial charge in [-0.1, -0.05) is 0 Å². The van der Waals surface area contributed by atoms with Crippen LogP contribution in [0, 0.1) is 0 Å². The largest absolute Gasteiger partial charge is 0.357 e. The molecule has 0 aromatic carbocycles. The van der Waals surface area contributed by atoms with E-state index < -0.39 is 10.0 Å². The highest BCUT2D eigenvalue weighted by Gasteiger charge is 2.28. The van der Waals surface area contributed by atoms with Gasteiger partial charge in [0, 0.05) is 43.2 Å². The van der Waals surface area contributed by atoms with E-state index in [2.05, 4.69) is 40.7 Å². The highest BCUT2D eigenvalue weighted by Crippen LogP contribution is 2.29. The predicted octanol–water partition coefficient (Wildman–Crippen LogP) is 0.719. The molecule has 0 saturated carbocycles. The number of sulfonamides is 1. The van der Waals surface area contributed by atoms with E-state index >= 15 is 0 Å². The Morgan fingerprint density at radius 1 is 1.43 bits per heavy atom. The molecule has 8 heteroatoms. The molecule has 21 heavy (non-hydrogen) atoms. The lowest BCUT2D eigenvalue weighted by atomic mass is 10.2. The van der Waals surface area contributed by atoms with Crippen molar-refractivity contribution in [2.75, 3.05) is 44.7 Å². The topological polar surface area (TPSA) is 73.8 Å². The van der Waals surface area contributed by atoms with Crippen LogP contribution < -0.4 is 10.0 Å². The quantitative estimate of drug-likeness (QED) is 0.425. The summed E-state index contributed by atoms with van der Waals surface area (Å²) < 4.78 is 24.7. The standard InChI is InChI=1S/C13H28N4O2S2/c1-5-14-12(15-7-6-8-16-21(4,18)19)17-9-10-20-13(2,3)11-17/h16H,5-11H2,1-4H3,(H,14,15). The predicted molar refractivity (Wildman–Crippen MR) is 91.6 cm³/mol. The van der Waals surface area contributed by atoms with Gasteiger partial charge in [-0.15, -0.1) is 0 Å². The van der Waals surface area contributed by atoms with E-state index in [1.54, 1.807) is 0 Å². The van der Waals surface area contributed by atoms with Crippen LogP contribution in [-0.2, 0) is 10.0 Å². The van der Waals surface area contributed by atoms with Gasteiger partial charge in [-0.05, 0) is 27.2 Å². The minimum Gasteiger partial charge on any atom is -0.357 e. The van der Waals surface area contributed by atoms with E-state index in [9.17, 15) is 8.42 Å². The lowest BCUT2D eigenvalue weighted by molar-refractivity contribution is 0.376. The average molecular weight is 337 g/mol. The highest BCUT2D eigenvalue weighted by atomic mass is 32.2. The van der Waals surface area contributed by atoms with Gasteiger partial charge in [0.05, 0.1) is 6.26 Å². The number of nitrogens with one attached hydrogen (secondary N) is 2. The Hall–Kier alpha value is -0.470. The van der Waals surface area contributed by atoms with Crippen molar-refractivity contribution in [3.05, 3.63) is 0 Å². The number of nitrogens with zero attached hydrogens (tertiary/aromatic N) is 2. The van der Waals surface area contributed by atoms with Gasteiger partial charge < -0.3 is 10.2 Å². The summed E-state index contributed by atoms with van der Waals surface area (Å²) in [6, 6.07) is 0. The number of thioether (sulfide) groups is 1. The minimum atomic E-state index is -3.10. The fraction of sp³-hybridized carbons (Fsp3) is 0.923. The number of rotatable bonds is 6. The Kier molecular flexibility index (Phi) is 7.29. The first-order chi connectivity index (χ1) is 9.73. The van der Waals surface area contributed by atoms with E-state index in [0.29, 0.717) is 19.5 Å². The Labute approximate surface area is 133 Å². The molecule has 1 fully saturated rings. The third-order valence-electron chi connectivity index (χ3n) is 3.02.